The maximum absolute atomic E-state index is 13.8. The molecule has 2 aliphatic heterocycles. The van der Waals surface area contributed by atoms with E-state index >= 15 is 0 Å². The molecule has 2 saturated carbocycles. The summed E-state index contributed by atoms with van der Waals surface area (Å²) in [6, 6.07) is 21.2. The zero-order valence-corrected chi connectivity index (χ0v) is 46.9. The molecule has 0 radical (unpaired) electrons. The second-order valence-corrected chi connectivity index (χ2v) is 21.7. The lowest BCUT2D eigenvalue weighted by Gasteiger charge is -2.37. The van der Waals surface area contributed by atoms with E-state index < -0.39 is 47.7 Å². The molecule has 20 heteroatoms. The monoisotopic (exact) mass is 1150 g/mol. The van der Waals surface area contributed by atoms with E-state index in [4.69, 9.17) is 35.2 Å². The molecule has 5 N–H and O–H groups in total. The Morgan fingerprint density at radius 1 is 0.573 bits per heavy atom. The Bertz CT molecular complexity index is 2700. The fourth-order valence-electron chi connectivity index (χ4n) is 11.0. The Morgan fingerprint density at radius 2 is 0.951 bits per heavy atom. The van der Waals surface area contributed by atoms with Gasteiger partial charge >= 0.3 is 30.3 Å². The molecule has 446 valence electrons. The topological polar surface area (TPSA) is 202 Å². The first-order chi connectivity index (χ1) is 38.9. The first-order valence-corrected chi connectivity index (χ1v) is 28.1. The number of carboxylic acid groups (broad SMARTS) is 3. The molecular formula is C62H76F6N4O10. The molecule has 14 nitrogen and oxygen atoms in total. The molecule has 8 rings (SSSR count). The highest BCUT2D eigenvalue weighted by Crippen LogP contribution is 2.43. The van der Waals surface area contributed by atoms with Crippen molar-refractivity contribution in [2.45, 2.75) is 162 Å². The van der Waals surface area contributed by atoms with Crippen molar-refractivity contribution in [3.8, 4) is 0 Å². The molecule has 0 spiro atoms. The molecule has 4 fully saturated rings. The SMILES string of the molecule is CCc1cc(/C(C)=N\OCc2ccc(C3CCCCC3)c(C(F)(F)F)c2)ccc1CN1CC(C(=O)O)C1.CCc1cc(/C(C)=N\OCc2ccc(C3CCCCC3)c(C(F)(F)F)c2)ccc1CN1CC(C(=O)O)C1.O=C(O)/C=C/C(O)O. The molecule has 4 aromatic rings. The fourth-order valence-corrected chi connectivity index (χ4v) is 11.0. The standard InChI is InChI=1S/2C29H35F3N2O3.C4H6O4/c2*1-3-21-14-23(10-11-24(21)15-34-16-25(17-34)28(35)36)19(2)33-37-18-20-9-12-26(22-7-5-4-6-8-22)27(13-20)29(30,31)32;5-3(6)1-2-4(7)8/h2*9-14,22,25H,3-8,15-18H2,1-2H3,(H,35,36);1-3,5-6H,(H,7,8)/b2*33-19-;2-1+. The summed E-state index contributed by atoms with van der Waals surface area (Å²) in [5, 5.41) is 50.4. The Hall–Kier alpha value is -6.61. The molecular weight excluding hydrogens is 1070 g/mol. The second kappa shape index (κ2) is 30.1. The van der Waals surface area contributed by atoms with Crippen LogP contribution in [0.2, 0.25) is 0 Å². The molecule has 4 aliphatic rings. The van der Waals surface area contributed by atoms with Crippen LogP contribution < -0.4 is 0 Å². The van der Waals surface area contributed by atoms with Gasteiger partial charge in [0.05, 0.1) is 34.4 Å². The first kappa shape index (κ1) is 64.6. The van der Waals surface area contributed by atoms with Gasteiger partial charge in [-0.2, -0.15) is 26.3 Å². The van der Waals surface area contributed by atoms with Gasteiger partial charge in [0.1, 0.15) is 13.2 Å². The van der Waals surface area contributed by atoms with Gasteiger partial charge in [-0.15, -0.1) is 0 Å². The minimum Gasteiger partial charge on any atom is -0.481 e. The van der Waals surface area contributed by atoms with Gasteiger partial charge in [-0.05, 0) is 150 Å². The number of oxime groups is 2. The third-order valence-electron chi connectivity index (χ3n) is 15.6. The van der Waals surface area contributed by atoms with Crippen LogP contribution in [-0.4, -0.2) is 97.1 Å². The van der Waals surface area contributed by atoms with Gasteiger partial charge in [0.2, 0.25) is 0 Å². The number of aryl methyl sites for hydroxylation is 2. The number of benzene rings is 4. The van der Waals surface area contributed by atoms with E-state index in [2.05, 4.69) is 34.0 Å². The number of hydrogen-bond donors (Lipinski definition) is 5. The largest absolute Gasteiger partial charge is 0.481 e. The molecule has 2 heterocycles. The lowest BCUT2D eigenvalue weighted by molar-refractivity contribution is -0.148. The summed E-state index contributed by atoms with van der Waals surface area (Å²) in [4.78, 5) is 46.9. The average molecular weight is 1150 g/mol. The summed E-state index contributed by atoms with van der Waals surface area (Å²) in [5.74, 6) is -3.32. The van der Waals surface area contributed by atoms with Crippen LogP contribution in [0, 0.1) is 11.8 Å². The van der Waals surface area contributed by atoms with Crippen LogP contribution >= 0.6 is 0 Å². The summed E-state index contributed by atoms with van der Waals surface area (Å²) in [7, 11) is 0. The molecule has 0 unspecified atom stereocenters. The van der Waals surface area contributed by atoms with Crippen molar-refractivity contribution in [1.29, 1.82) is 0 Å². The van der Waals surface area contributed by atoms with Gasteiger partial charge < -0.3 is 35.2 Å². The van der Waals surface area contributed by atoms with Gasteiger partial charge in [0, 0.05) is 45.3 Å². The number of carbonyl (C=O) groups is 3. The van der Waals surface area contributed by atoms with Crippen molar-refractivity contribution >= 4 is 29.3 Å². The van der Waals surface area contributed by atoms with Crippen molar-refractivity contribution in [3.05, 3.63) is 152 Å². The molecule has 0 atom stereocenters. The number of aliphatic hydroxyl groups excluding tert-OH is 1. The zero-order valence-electron chi connectivity index (χ0n) is 46.9. The van der Waals surface area contributed by atoms with E-state index in [0.29, 0.717) is 79.0 Å². The number of likely N-dealkylation sites (tertiary alicyclic amines) is 2. The quantitative estimate of drug-likeness (QED) is 0.0185. The van der Waals surface area contributed by atoms with Crippen LogP contribution in [0.4, 0.5) is 26.3 Å². The van der Waals surface area contributed by atoms with Crippen LogP contribution in [0.25, 0.3) is 0 Å². The number of carboxylic acids is 3. The van der Waals surface area contributed by atoms with E-state index in [-0.39, 0.29) is 36.9 Å². The lowest BCUT2D eigenvalue weighted by atomic mass is 9.81. The maximum atomic E-state index is 13.8. The summed E-state index contributed by atoms with van der Waals surface area (Å²) in [6.07, 6.45) is 1.90. The van der Waals surface area contributed by atoms with E-state index in [1.807, 2.05) is 50.2 Å². The number of rotatable bonds is 20. The predicted octanol–water partition coefficient (Wildman–Crippen LogP) is 12.5. The van der Waals surface area contributed by atoms with Crippen molar-refractivity contribution < 1.29 is 75.9 Å². The van der Waals surface area contributed by atoms with Crippen molar-refractivity contribution in [2.24, 2.45) is 22.1 Å². The van der Waals surface area contributed by atoms with Gasteiger partial charge in [-0.3, -0.25) is 19.4 Å². The van der Waals surface area contributed by atoms with Crippen molar-refractivity contribution in [3.63, 3.8) is 0 Å². The highest BCUT2D eigenvalue weighted by molar-refractivity contribution is 5.99. The summed E-state index contributed by atoms with van der Waals surface area (Å²) in [6.45, 7) is 11.3. The summed E-state index contributed by atoms with van der Waals surface area (Å²) >= 11 is 0. The van der Waals surface area contributed by atoms with Crippen LogP contribution in [0.3, 0.4) is 0 Å². The minimum atomic E-state index is -4.40. The second-order valence-electron chi connectivity index (χ2n) is 21.7. The Labute approximate surface area is 475 Å². The lowest BCUT2D eigenvalue weighted by Crippen LogP contribution is -2.49. The van der Waals surface area contributed by atoms with Gasteiger partial charge in [0.15, 0.2) is 6.29 Å². The Morgan fingerprint density at radius 3 is 1.26 bits per heavy atom. The predicted molar refractivity (Wildman–Crippen MR) is 298 cm³/mol. The van der Waals surface area contributed by atoms with E-state index in [1.54, 1.807) is 24.3 Å². The highest BCUT2D eigenvalue weighted by atomic mass is 19.4. The summed E-state index contributed by atoms with van der Waals surface area (Å²) < 4.78 is 82.9. The number of alkyl halides is 6. The van der Waals surface area contributed by atoms with Crippen LogP contribution in [0.1, 0.15) is 171 Å². The Balaban J connectivity index is 0.000000233. The van der Waals surface area contributed by atoms with E-state index in [0.717, 1.165) is 117 Å². The smallest absolute Gasteiger partial charge is 0.416 e. The first-order valence-electron chi connectivity index (χ1n) is 28.1. The fraction of sp³-hybridized carbons (Fsp3) is 0.500. The van der Waals surface area contributed by atoms with Crippen LogP contribution in [-0.2, 0) is 75.6 Å². The van der Waals surface area contributed by atoms with E-state index in [1.165, 1.54) is 12.1 Å². The van der Waals surface area contributed by atoms with Gasteiger partial charge in [-0.1, -0.05) is 111 Å². The number of aliphatic carboxylic acids is 3. The van der Waals surface area contributed by atoms with Gasteiger partial charge in [0.25, 0.3) is 0 Å². The minimum absolute atomic E-state index is 0.0315. The molecule has 2 saturated heterocycles. The van der Waals surface area contributed by atoms with Gasteiger partial charge in [-0.25, -0.2) is 4.79 Å². The molecule has 0 aromatic heterocycles. The van der Waals surface area contributed by atoms with Crippen LogP contribution in [0.5, 0.6) is 0 Å². The number of hydrogen-bond acceptors (Lipinski definition) is 11. The van der Waals surface area contributed by atoms with Crippen molar-refractivity contribution in [2.75, 3.05) is 26.2 Å². The summed E-state index contributed by atoms with van der Waals surface area (Å²) in [5.41, 5.74) is 8.26. The van der Waals surface area contributed by atoms with Crippen LogP contribution in [0.15, 0.2) is 95.3 Å². The van der Waals surface area contributed by atoms with Crippen molar-refractivity contribution in [1.82, 2.24) is 9.80 Å². The van der Waals surface area contributed by atoms with E-state index in [9.17, 15) is 40.7 Å². The third kappa shape index (κ3) is 19.0. The number of halogens is 6. The molecule has 82 heavy (non-hydrogen) atoms. The molecule has 4 aromatic carbocycles. The Kier molecular flexibility index (Phi) is 23.7. The average Bonchev–Trinajstić information content (AvgIpc) is 3.48. The number of nitrogens with zero attached hydrogens (tertiary/aromatic N) is 4. The highest BCUT2D eigenvalue weighted by Gasteiger charge is 2.38. The molecule has 2 aliphatic carbocycles. The molecule has 0 amide bonds. The normalized spacial score (nSPS) is 17.3. The molecule has 0 bridgehead atoms. The number of aliphatic hydroxyl groups is 2. The third-order valence-corrected chi connectivity index (χ3v) is 15.6. The zero-order chi connectivity index (χ0) is 59.7. The maximum Gasteiger partial charge on any atom is 0.416 e.